The third-order valence-electron chi connectivity index (χ3n) is 3.27. The molecule has 1 fully saturated rings. The molecule has 19 heavy (non-hydrogen) atoms. The highest BCUT2D eigenvalue weighted by molar-refractivity contribution is 5.16. The fourth-order valence-corrected chi connectivity index (χ4v) is 2.05. The van der Waals surface area contributed by atoms with E-state index in [0.29, 0.717) is 12.7 Å². The van der Waals surface area contributed by atoms with E-state index >= 15 is 0 Å². The van der Waals surface area contributed by atoms with E-state index in [0.717, 1.165) is 38.4 Å². The molecule has 1 aliphatic rings. The monoisotopic (exact) mass is 267 g/mol. The number of hydrogen-bond acceptors (Lipinski definition) is 4. The quantitative estimate of drug-likeness (QED) is 0.891. The molecule has 2 rings (SSSR count). The molecule has 1 aromatic rings. The normalized spacial score (nSPS) is 17.8. The maximum absolute atomic E-state index is 5.90. The van der Waals surface area contributed by atoms with Gasteiger partial charge in [0.1, 0.15) is 12.4 Å². The van der Waals surface area contributed by atoms with E-state index in [4.69, 9.17) is 13.9 Å². The molecule has 1 aliphatic heterocycles. The first-order valence-electron chi connectivity index (χ1n) is 7.04. The van der Waals surface area contributed by atoms with Crippen LogP contribution < -0.4 is 5.32 Å². The van der Waals surface area contributed by atoms with Gasteiger partial charge in [-0.15, -0.1) is 0 Å². The lowest BCUT2D eigenvalue weighted by atomic mass is 10.1. The fraction of sp³-hybridized carbons (Fsp3) is 0.733. The van der Waals surface area contributed by atoms with Crippen LogP contribution in [0.3, 0.4) is 0 Å². The largest absolute Gasteiger partial charge is 0.467 e. The number of hydrogen-bond donors (Lipinski definition) is 1. The van der Waals surface area contributed by atoms with Gasteiger partial charge in [-0.2, -0.15) is 0 Å². The van der Waals surface area contributed by atoms with Crippen molar-refractivity contribution >= 4 is 0 Å². The minimum Gasteiger partial charge on any atom is -0.467 e. The number of nitrogens with one attached hydrogen (secondary N) is 1. The van der Waals surface area contributed by atoms with Crippen molar-refractivity contribution < 1.29 is 13.9 Å². The van der Waals surface area contributed by atoms with Crippen molar-refractivity contribution in [2.24, 2.45) is 0 Å². The standard InChI is InChI=1S/C15H25NO3/c1-15(2,3)16-10-12-4-9-18-14(12)11-19-13-5-7-17-8-6-13/h4,9,13,16H,5-8,10-11H2,1-3H3. The minimum atomic E-state index is 0.107. The Morgan fingerprint density at radius 3 is 2.74 bits per heavy atom. The van der Waals surface area contributed by atoms with Crippen LogP contribution in [0.15, 0.2) is 16.7 Å². The summed E-state index contributed by atoms with van der Waals surface area (Å²) in [6, 6.07) is 2.02. The number of ether oxygens (including phenoxy) is 2. The first kappa shape index (κ1) is 14.6. The molecule has 0 spiro atoms. The van der Waals surface area contributed by atoms with Gasteiger partial charge in [-0.05, 0) is 39.7 Å². The summed E-state index contributed by atoms with van der Waals surface area (Å²) in [5.41, 5.74) is 1.29. The lowest BCUT2D eigenvalue weighted by Crippen LogP contribution is -2.35. The molecular weight excluding hydrogens is 242 g/mol. The van der Waals surface area contributed by atoms with Gasteiger partial charge < -0.3 is 19.2 Å². The SMILES string of the molecule is CC(C)(C)NCc1ccoc1COC1CCOCC1. The molecule has 0 atom stereocenters. The molecule has 0 bridgehead atoms. The van der Waals surface area contributed by atoms with Crippen molar-refractivity contribution in [3.8, 4) is 0 Å². The van der Waals surface area contributed by atoms with Crippen LogP contribution >= 0.6 is 0 Å². The second-order valence-corrected chi connectivity index (χ2v) is 6.10. The molecular formula is C15H25NO3. The Hall–Kier alpha value is -0.840. The topological polar surface area (TPSA) is 43.6 Å². The van der Waals surface area contributed by atoms with E-state index in [2.05, 4.69) is 26.1 Å². The minimum absolute atomic E-state index is 0.107. The third kappa shape index (κ3) is 4.97. The molecule has 1 saturated heterocycles. The van der Waals surface area contributed by atoms with Crippen molar-refractivity contribution in [2.45, 2.75) is 58.4 Å². The van der Waals surface area contributed by atoms with E-state index < -0.39 is 0 Å². The summed E-state index contributed by atoms with van der Waals surface area (Å²) in [4.78, 5) is 0. The van der Waals surface area contributed by atoms with Gasteiger partial charge in [0.05, 0.1) is 12.4 Å². The van der Waals surface area contributed by atoms with Crippen molar-refractivity contribution in [3.05, 3.63) is 23.7 Å². The summed E-state index contributed by atoms with van der Waals surface area (Å²) in [6.45, 7) is 9.45. The molecule has 0 aliphatic carbocycles. The van der Waals surface area contributed by atoms with E-state index in [1.54, 1.807) is 6.26 Å². The second-order valence-electron chi connectivity index (χ2n) is 6.10. The predicted molar refractivity (Wildman–Crippen MR) is 73.9 cm³/mol. The van der Waals surface area contributed by atoms with Crippen molar-refractivity contribution in [1.29, 1.82) is 0 Å². The zero-order chi connectivity index (χ0) is 13.7. The van der Waals surface area contributed by atoms with E-state index in [1.807, 2.05) is 6.07 Å². The van der Waals surface area contributed by atoms with Crippen LogP contribution in [0.5, 0.6) is 0 Å². The second kappa shape index (κ2) is 6.55. The zero-order valence-electron chi connectivity index (χ0n) is 12.2. The Balaban J connectivity index is 1.81. The summed E-state index contributed by atoms with van der Waals surface area (Å²) >= 11 is 0. The molecule has 2 heterocycles. The lowest BCUT2D eigenvalue weighted by molar-refractivity contribution is -0.0436. The van der Waals surface area contributed by atoms with E-state index in [1.165, 1.54) is 5.56 Å². The van der Waals surface area contributed by atoms with Crippen molar-refractivity contribution in [1.82, 2.24) is 5.32 Å². The average molecular weight is 267 g/mol. The smallest absolute Gasteiger partial charge is 0.133 e. The molecule has 1 aromatic heterocycles. The van der Waals surface area contributed by atoms with Crippen LogP contribution in [0, 0.1) is 0 Å². The molecule has 4 nitrogen and oxygen atoms in total. The van der Waals surface area contributed by atoms with Gasteiger partial charge in [0, 0.05) is 30.9 Å². The highest BCUT2D eigenvalue weighted by Crippen LogP contribution is 2.17. The lowest BCUT2D eigenvalue weighted by Gasteiger charge is -2.22. The van der Waals surface area contributed by atoms with Gasteiger partial charge in [0.2, 0.25) is 0 Å². The summed E-state index contributed by atoms with van der Waals surface area (Å²) < 4.78 is 16.7. The number of rotatable bonds is 5. The molecule has 0 aromatic carbocycles. The maximum Gasteiger partial charge on any atom is 0.133 e. The Bertz CT molecular complexity index is 375. The highest BCUT2D eigenvalue weighted by atomic mass is 16.5. The van der Waals surface area contributed by atoms with Crippen LogP contribution in [0.4, 0.5) is 0 Å². The van der Waals surface area contributed by atoms with E-state index in [-0.39, 0.29) is 5.54 Å². The van der Waals surface area contributed by atoms with Gasteiger partial charge >= 0.3 is 0 Å². The highest BCUT2D eigenvalue weighted by Gasteiger charge is 2.17. The van der Waals surface area contributed by atoms with E-state index in [9.17, 15) is 0 Å². The van der Waals surface area contributed by atoms with Crippen LogP contribution in [-0.2, 0) is 22.6 Å². The van der Waals surface area contributed by atoms with Crippen LogP contribution in [0.1, 0.15) is 44.9 Å². The van der Waals surface area contributed by atoms with Gasteiger partial charge in [0.15, 0.2) is 0 Å². The molecule has 0 saturated carbocycles. The fourth-order valence-electron chi connectivity index (χ4n) is 2.05. The summed E-state index contributed by atoms with van der Waals surface area (Å²) in [7, 11) is 0. The van der Waals surface area contributed by atoms with Crippen LogP contribution in [-0.4, -0.2) is 24.9 Å². The Kier molecular flexibility index (Phi) is 5.02. The average Bonchev–Trinajstić information content (AvgIpc) is 2.82. The van der Waals surface area contributed by atoms with Crippen LogP contribution in [0.2, 0.25) is 0 Å². The Morgan fingerprint density at radius 1 is 1.32 bits per heavy atom. The molecule has 4 heteroatoms. The Morgan fingerprint density at radius 2 is 2.05 bits per heavy atom. The number of furan rings is 1. The van der Waals surface area contributed by atoms with Gasteiger partial charge in [-0.25, -0.2) is 0 Å². The molecule has 1 N–H and O–H groups in total. The molecule has 108 valence electrons. The molecule has 0 radical (unpaired) electrons. The third-order valence-corrected chi connectivity index (χ3v) is 3.27. The Labute approximate surface area is 115 Å². The predicted octanol–water partition coefficient (Wildman–Crippen LogP) is 2.86. The summed E-state index contributed by atoms with van der Waals surface area (Å²) in [5.74, 6) is 0.934. The molecule has 0 amide bonds. The van der Waals surface area contributed by atoms with Gasteiger partial charge in [-0.1, -0.05) is 0 Å². The van der Waals surface area contributed by atoms with Crippen molar-refractivity contribution in [3.63, 3.8) is 0 Å². The van der Waals surface area contributed by atoms with Gasteiger partial charge in [-0.3, -0.25) is 0 Å². The maximum atomic E-state index is 5.90. The van der Waals surface area contributed by atoms with Crippen LogP contribution in [0.25, 0.3) is 0 Å². The summed E-state index contributed by atoms with van der Waals surface area (Å²) in [6.07, 6.45) is 4.01. The van der Waals surface area contributed by atoms with Crippen molar-refractivity contribution in [2.75, 3.05) is 13.2 Å². The first-order chi connectivity index (χ1) is 9.04. The van der Waals surface area contributed by atoms with Gasteiger partial charge in [0.25, 0.3) is 0 Å². The summed E-state index contributed by atoms with van der Waals surface area (Å²) in [5, 5.41) is 3.47. The first-order valence-corrected chi connectivity index (χ1v) is 7.04. The zero-order valence-corrected chi connectivity index (χ0v) is 12.2. The molecule has 0 unspecified atom stereocenters.